The van der Waals surface area contributed by atoms with Crippen LogP contribution >= 0.6 is 7.82 Å². The van der Waals surface area contributed by atoms with E-state index in [4.69, 9.17) is 18.5 Å². The van der Waals surface area contributed by atoms with E-state index in [1.165, 1.54) is 161 Å². The van der Waals surface area contributed by atoms with Crippen molar-refractivity contribution < 1.29 is 42.1 Å². The zero-order chi connectivity index (χ0) is 57.0. The highest BCUT2D eigenvalue weighted by atomic mass is 31.2. The monoisotopic (exact) mass is 1110 g/mol. The van der Waals surface area contributed by atoms with Crippen molar-refractivity contribution in [1.82, 2.24) is 0 Å². The summed E-state index contributed by atoms with van der Waals surface area (Å²) in [5, 5.41) is 0. The minimum absolute atomic E-state index is 0.0326. The molecule has 0 aromatic heterocycles. The number of phosphoric acid groups is 1. The van der Waals surface area contributed by atoms with Crippen molar-refractivity contribution in [3.63, 3.8) is 0 Å². The molecule has 0 aliphatic rings. The molecule has 452 valence electrons. The average Bonchev–Trinajstić information content (AvgIpc) is 3.41. The van der Waals surface area contributed by atoms with Gasteiger partial charge in [-0.2, -0.15) is 0 Å². The first-order valence-corrected chi connectivity index (χ1v) is 33.8. The van der Waals surface area contributed by atoms with Crippen LogP contribution in [0, 0.1) is 0 Å². The number of rotatable bonds is 59. The molecule has 0 amide bonds. The molecule has 0 saturated carbocycles. The summed E-state index contributed by atoms with van der Waals surface area (Å²) in [7, 11) is 1.17. The number of unbranched alkanes of at least 4 members (excludes halogenated alkanes) is 31. The lowest BCUT2D eigenvalue weighted by molar-refractivity contribution is -0.870. The summed E-state index contributed by atoms with van der Waals surface area (Å²) in [5.41, 5.74) is 0. The predicted octanol–water partition coefficient (Wildman–Crippen LogP) is 20.0. The zero-order valence-electron chi connectivity index (χ0n) is 51.3. The van der Waals surface area contributed by atoms with Gasteiger partial charge in [0.15, 0.2) is 6.10 Å². The Morgan fingerprint density at radius 2 is 0.731 bits per heavy atom. The van der Waals surface area contributed by atoms with Gasteiger partial charge in [-0.1, -0.05) is 266 Å². The number of carbonyl (C=O) groups excluding carboxylic acids is 2. The Labute approximate surface area is 481 Å². The number of allylic oxidation sites excluding steroid dienone is 14. The Morgan fingerprint density at radius 1 is 0.410 bits per heavy atom. The molecule has 0 aromatic rings. The lowest BCUT2D eigenvalue weighted by Crippen LogP contribution is -2.37. The van der Waals surface area contributed by atoms with Crippen molar-refractivity contribution in [2.75, 3.05) is 47.5 Å². The molecule has 9 nitrogen and oxygen atoms in total. The number of nitrogens with zero attached hydrogens (tertiary/aromatic N) is 1. The van der Waals surface area contributed by atoms with Crippen LogP contribution in [0.5, 0.6) is 0 Å². The number of ether oxygens (including phenoxy) is 2. The van der Waals surface area contributed by atoms with Crippen LogP contribution in [0.3, 0.4) is 0 Å². The summed E-state index contributed by atoms with van der Waals surface area (Å²) in [4.78, 5) is 38.0. The number of esters is 2. The maximum atomic E-state index is 12.8. The second kappa shape index (κ2) is 58.8. The van der Waals surface area contributed by atoms with E-state index < -0.39 is 26.5 Å². The fourth-order valence-electron chi connectivity index (χ4n) is 8.95. The van der Waals surface area contributed by atoms with Gasteiger partial charge in [0.25, 0.3) is 7.82 Å². The molecule has 0 aliphatic heterocycles. The SMILES string of the molecule is CC/C=C\C/C=C\C/C=C\C/C=C\C/C=C\CCCCCCCCCCCCCCCCCCCCCC(=O)OC(COC(=O)CCCCCCCCCCC/C=C\C/C=C\CCCCC)COP(=O)([O-])OCC[N+](C)(C)C. The third-order valence-corrected chi connectivity index (χ3v) is 14.9. The van der Waals surface area contributed by atoms with Gasteiger partial charge in [0.2, 0.25) is 0 Å². The molecule has 0 bridgehead atoms. The molecule has 0 heterocycles. The molecule has 0 fully saturated rings. The van der Waals surface area contributed by atoms with Crippen LogP contribution in [0.1, 0.15) is 284 Å². The summed E-state index contributed by atoms with van der Waals surface area (Å²) >= 11 is 0. The maximum absolute atomic E-state index is 12.8. The third kappa shape index (κ3) is 62.4. The zero-order valence-corrected chi connectivity index (χ0v) is 52.2. The van der Waals surface area contributed by atoms with Crippen molar-refractivity contribution >= 4 is 19.8 Å². The number of phosphoric ester groups is 1. The fourth-order valence-corrected chi connectivity index (χ4v) is 9.68. The number of hydrogen-bond donors (Lipinski definition) is 0. The minimum Gasteiger partial charge on any atom is -0.756 e. The average molecular weight is 1110 g/mol. The van der Waals surface area contributed by atoms with E-state index in [0.29, 0.717) is 17.4 Å². The van der Waals surface area contributed by atoms with E-state index in [-0.39, 0.29) is 32.0 Å². The quantitative estimate of drug-likeness (QED) is 0.0195. The Balaban J connectivity index is 4.02. The third-order valence-electron chi connectivity index (χ3n) is 13.9. The topological polar surface area (TPSA) is 111 Å². The maximum Gasteiger partial charge on any atom is 0.306 e. The van der Waals surface area contributed by atoms with E-state index in [1.807, 2.05) is 21.1 Å². The predicted molar refractivity (Wildman–Crippen MR) is 332 cm³/mol. The van der Waals surface area contributed by atoms with Crippen molar-refractivity contribution in [2.24, 2.45) is 0 Å². The van der Waals surface area contributed by atoms with E-state index in [2.05, 4.69) is 98.9 Å². The van der Waals surface area contributed by atoms with Crippen molar-refractivity contribution in [2.45, 2.75) is 290 Å². The van der Waals surface area contributed by atoms with Crippen molar-refractivity contribution in [1.29, 1.82) is 0 Å². The highest BCUT2D eigenvalue weighted by Crippen LogP contribution is 2.38. The van der Waals surface area contributed by atoms with Gasteiger partial charge in [0.05, 0.1) is 27.7 Å². The van der Waals surface area contributed by atoms with E-state index in [9.17, 15) is 19.0 Å². The normalized spacial score (nSPS) is 13.8. The highest BCUT2D eigenvalue weighted by Gasteiger charge is 2.22. The molecule has 2 atom stereocenters. The Kier molecular flexibility index (Phi) is 56.7. The molecule has 10 heteroatoms. The Morgan fingerprint density at radius 3 is 1.09 bits per heavy atom. The number of likely N-dealkylation sites (N-methyl/N-ethyl adjacent to an activating group) is 1. The number of quaternary nitrogens is 1. The van der Waals surface area contributed by atoms with Gasteiger partial charge in [0.1, 0.15) is 19.8 Å². The smallest absolute Gasteiger partial charge is 0.306 e. The van der Waals surface area contributed by atoms with E-state index in [1.54, 1.807) is 0 Å². The fraction of sp³-hybridized carbons (Fsp3) is 0.765. The summed E-state index contributed by atoms with van der Waals surface area (Å²) in [5.74, 6) is -0.830. The molecule has 0 radical (unpaired) electrons. The molecule has 2 unspecified atom stereocenters. The van der Waals surface area contributed by atoms with Gasteiger partial charge in [-0.3, -0.25) is 14.2 Å². The first-order chi connectivity index (χ1) is 38.0. The van der Waals surface area contributed by atoms with Gasteiger partial charge in [-0.05, 0) is 89.9 Å². The summed E-state index contributed by atoms with van der Waals surface area (Å²) in [6, 6.07) is 0. The summed E-state index contributed by atoms with van der Waals surface area (Å²) in [6.45, 7) is 4.12. The second-order valence-corrected chi connectivity index (χ2v) is 24.2. The van der Waals surface area contributed by atoms with Crippen LogP contribution < -0.4 is 4.89 Å². The van der Waals surface area contributed by atoms with Crippen LogP contribution in [0.2, 0.25) is 0 Å². The second-order valence-electron chi connectivity index (χ2n) is 22.7. The number of hydrogen-bond acceptors (Lipinski definition) is 8. The molecule has 0 spiro atoms. The molecule has 0 aromatic carbocycles. The molecular formula is C68H122NO8P. The van der Waals surface area contributed by atoms with Crippen LogP contribution in [0.15, 0.2) is 85.1 Å². The molecule has 0 aliphatic carbocycles. The summed E-state index contributed by atoms with van der Waals surface area (Å²) < 4.78 is 34.2. The van der Waals surface area contributed by atoms with E-state index >= 15 is 0 Å². The Bertz CT molecular complexity index is 1590. The number of carbonyl (C=O) groups is 2. The van der Waals surface area contributed by atoms with Gasteiger partial charge in [-0.25, -0.2) is 0 Å². The molecule has 78 heavy (non-hydrogen) atoms. The van der Waals surface area contributed by atoms with Gasteiger partial charge in [-0.15, -0.1) is 0 Å². The van der Waals surface area contributed by atoms with Crippen LogP contribution in [-0.4, -0.2) is 70.0 Å². The summed E-state index contributed by atoms with van der Waals surface area (Å²) in [6.07, 6.45) is 79.3. The van der Waals surface area contributed by atoms with Gasteiger partial charge in [0, 0.05) is 12.8 Å². The lowest BCUT2D eigenvalue weighted by atomic mass is 10.0. The van der Waals surface area contributed by atoms with Crippen LogP contribution in [0.4, 0.5) is 0 Å². The highest BCUT2D eigenvalue weighted by molar-refractivity contribution is 7.45. The van der Waals surface area contributed by atoms with Crippen LogP contribution in [-0.2, 0) is 32.7 Å². The van der Waals surface area contributed by atoms with E-state index in [0.717, 1.165) is 89.9 Å². The van der Waals surface area contributed by atoms with Crippen LogP contribution in [0.25, 0.3) is 0 Å². The van der Waals surface area contributed by atoms with Crippen molar-refractivity contribution in [3.05, 3.63) is 85.1 Å². The minimum atomic E-state index is -4.64. The first-order valence-electron chi connectivity index (χ1n) is 32.3. The largest absolute Gasteiger partial charge is 0.756 e. The molecule has 0 N–H and O–H groups in total. The Hall–Kier alpha value is -2.81. The van der Waals surface area contributed by atoms with Crippen molar-refractivity contribution in [3.8, 4) is 0 Å². The molecule has 0 rings (SSSR count). The van der Waals surface area contributed by atoms with Gasteiger partial charge < -0.3 is 27.9 Å². The standard InChI is InChI=1S/C68H122NO8P/c1-6-8-10-12-14-16-18-20-22-24-26-27-28-29-30-31-32-33-34-35-36-37-38-39-40-41-43-45-47-49-51-53-55-57-59-61-68(71)77-66(65-76-78(72,73)75-63-62-69(3,4)5)64-74-67(70)60-58-56-54-52-50-48-46-44-42-25-23-21-19-17-15-13-11-9-7-2/h8,10,14-17,20-23,26-27,29-30,66H,6-7,9,11-13,18-19,24-25,28,31-65H2,1-5H3/b10-8-,16-14-,17-15-,22-20-,23-21-,27-26-,30-29-. The first kappa shape index (κ1) is 75.2. The molecular weight excluding hydrogens is 990 g/mol. The molecule has 0 saturated heterocycles. The van der Waals surface area contributed by atoms with Gasteiger partial charge >= 0.3 is 11.9 Å². The lowest BCUT2D eigenvalue weighted by Gasteiger charge is -2.28.